The molecule has 28 heavy (non-hydrogen) atoms. The number of amides is 1. The van der Waals surface area contributed by atoms with E-state index < -0.39 is 0 Å². The molecule has 150 valence electrons. The van der Waals surface area contributed by atoms with Crippen LogP contribution in [0.15, 0.2) is 28.8 Å². The fourth-order valence-corrected chi connectivity index (χ4v) is 4.34. The van der Waals surface area contributed by atoms with Gasteiger partial charge in [-0.05, 0) is 69.0 Å². The van der Waals surface area contributed by atoms with Crippen LogP contribution in [-0.2, 0) is 11.3 Å². The SMILES string of the molecule is CC1CCCN(C(=O)C2CCN(Cc3nc(-c4ccc(Cl)cc4)no3)CC2)C1. The Labute approximate surface area is 170 Å². The minimum Gasteiger partial charge on any atom is -0.342 e. The molecule has 0 radical (unpaired) electrons. The first-order chi connectivity index (χ1) is 13.6. The number of hydrogen-bond acceptors (Lipinski definition) is 5. The van der Waals surface area contributed by atoms with Crippen molar-refractivity contribution in [2.75, 3.05) is 26.2 Å². The fourth-order valence-electron chi connectivity index (χ4n) is 4.21. The van der Waals surface area contributed by atoms with Gasteiger partial charge in [0.25, 0.3) is 0 Å². The van der Waals surface area contributed by atoms with Crippen molar-refractivity contribution in [3.8, 4) is 11.4 Å². The maximum atomic E-state index is 12.8. The molecule has 0 saturated carbocycles. The lowest BCUT2D eigenvalue weighted by molar-refractivity contribution is -0.138. The second kappa shape index (κ2) is 8.62. The number of halogens is 1. The number of benzene rings is 1. The first kappa shape index (κ1) is 19.4. The zero-order chi connectivity index (χ0) is 19.5. The highest BCUT2D eigenvalue weighted by Gasteiger charge is 2.30. The molecule has 4 rings (SSSR count). The lowest BCUT2D eigenvalue weighted by atomic mass is 9.93. The maximum absolute atomic E-state index is 12.8. The molecule has 2 saturated heterocycles. The molecule has 0 N–H and O–H groups in total. The third kappa shape index (κ3) is 4.55. The molecule has 3 heterocycles. The van der Waals surface area contributed by atoms with Gasteiger partial charge in [0.15, 0.2) is 0 Å². The number of aromatic nitrogens is 2. The number of carbonyl (C=O) groups excluding carboxylic acids is 1. The first-order valence-electron chi connectivity index (χ1n) is 10.2. The molecule has 1 unspecified atom stereocenters. The summed E-state index contributed by atoms with van der Waals surface area (Å²) in [5.41, 5.74) is 0.888. The van der Waals surface area contributed by atoms with Crippen LogP contribution < -0.4 is 0 Å². The zero-order valence-corrected chi connectivity index (χ0v) is 17.1. The second-order valence-electron chi connectivity index (χ2n) is 8.10. The van der Waals surface area contributed by atoms with Gasteiger partial charge in [0.05, 0.1) is 6.54 Å². The van der Waals surface area contributed by atoms with Crippen molar-refractivity contribution in [1.29, 1.82) is 0 Å². The number of carbonyl (C=O) groups is 1. The third-order valence-electron chi connectivity index (χ3n) is 5.83. The molecule has 2 aliphatic heterocycles. The van der Waals surface area contributed by atoms with Gasteiger partial charge in [-0.15, -0.1) is 0 Å². The standard InChI is InChI=1S/C21H27ClN4O2/c1-15-3-2-10-26(13-15)21(27)17-8-11-25(12-9-17)14-19-23-20(24-28-19)16-4-6-18(22)7-5-16/h4-7,15,17H,2-3,8-14H2,1H3. The third-order valence-corrected chi connectivity index (χ3v) is 6.09. The van der Waals surface area contributed by atoms with Crippen molar-refractivity contribution in [2.45, 2.75) is 39.2 Å². The van der Waals surface area contributed by atoms with Crippen LogP contribution in [0.4, 0.5) is 0 Å². The number of hydrogen-bond donors (Lipinski definition) is 0. The molecule has 0 bridgehead atoms. The monoisotopic (exact) mass is 402 g/mol. The molecule has 6 nitrogen and oxygen atoms in total. The van der Waals surface area contributed by atoms with Gasteiger partial charge >= 0.3 is 0 Å². The van der Waals surface area contributed by atoms with Gasteiger partial charge in [-0.1, -0.05) is 23.7 Å². The number of nitrogens with zero attached hydrogens (tertiary/aromatic N) is 4. The van der Waals surface area contributed by atoms with Crippen molar-refractivity contribution >= 4 is 17.5 Å². The summed E-state index contributed by atoms with van der Waals surface area (Å²) in [4.78, 5) is 21.7. The van der Waals surface area contributed by atoms with Crippen LogP contribution in [-0.4, -0.2) is 52.0 Å². The average Bonchev–Trinajstić information content (AvgIpc) is 3.17. The molecule has 1 atom stereocenters. The van der Waals surface area contributed by atoms with E-state index in [0.29, 0.717) is 35.1 Å². The Morgan fingerprint density at radius 3 is 2.64 bits per heavy atom. The van der Waals surface area contributed by atoms with Crippen LogP contribution in [0.2, 0.25) is 5.02 Å². The van der Waals surface area contributed by atoms with Crippen LogP contribution in [0, 0.1) is 11.8 Å². The average molecular weight is 403 g/mol. The van der Waals surface area contributed by atoms with Crippen LogP contribution in [0.25, 0.3) is 11.4 Å². The molecule has 1 amide bonds. The van der Waals surface area contributed by atoms with Crippen molar-refractivity contribution in [3.05, 3.63) is 35.2 Å². The second-order valence-corrected chi connectivity index (χ2v) is 8.54. The minimum absolute atomic E-state index is 0.161. The van der Waals surface area contributed by atoms with Gasteiger partial charge in [-0.25, -0.2) is 0 Å². The first-order valence-corrected chi connectivity index (χ1v) is 10.6. The Balaban J connectivity index is 1.29. The summed E-state index contributed by atoms with van der Waals surface area (Å²) in [5, 5.41) is 4.76. The number of rotatable bonds is 4. The predicted octanol–water partition coefficient (Wildman–Crippen LogP) is 3.86. The molecule has 0 aliphatic carbocycles. The van der Waals surface area contributed by atoms with Crippen molar-refractivity contribution in [3.63, 3.8) is 0 Å². The van der Waals surface area contributed by atoms with E-state index >= 15 is 0 Å². The highest BCUT2D eigenvalue weighted by Crippen LogP contribution is 2.25. The summed E-state index contributed by atoms with van der Waals surface area (Å²) < 4.78 is 5.42. The Bertz CT molecular complexity index is 799. The van der Waals surface area contributed by atoms with E-state index in [2.05, 4.69) is 26.9 Å². The van der Waals surface area contributed by atoms with Gasteiger partial charge in [-0.3, -0.25) is 9.69 Å². The maximum Gasteiger partial charge on any atom is 0.241 e. The van der Waals surface area contributed by atoms with Crippen LogP contribution in [0.1, 0.15) is 38.5 Å². The van der Waals surface area contributed by atoms with E-state index in [-0.39, 0.29) is 5.92 Å². The molecule has 2 aliphatic rings. The van der Waals surface area contributed by atoms with E-state index in [4.69, 9.17) is 16.1 Å². The highest BCUT2D eigenvalue weighted by atomic mass is 35.5. The molecule has 1 aromatic carbocycles. The van der Waals surface area contributed by atoms with Crippen molar-refractivity contribution < 1.29 is 9.32 Å². The lowest BCUT2D eigenvalue weighted by Crippen LogP contribution is -2.45. The summed E-state index contributed by atoms with van der Waals surface area (Å²) in [6.07, 6.45) is 4.19. The molecule has 2 fully saturated rings. The summed E-state index contributed by atoms with van der Waals surface area (Å²) in [6, 6.07) is 7.40. The Morgan fingerprint density at radius 1 is 1.18 bits per heavy atom. The summed E-state index contributed by atoms with van der Waals surface area (Å²) in [5.74, 6) is 2.34. The van der Waals surface area contributed by atoms with E-state index in [9.17, 15) is 4.79 Å². The van der Waals surface area contributed by atoms with E-state index in [1.165, 1.54) is 6.42 Å². The summed E-state index contributed by atoms with van der Waals surface area (Å²) in [6.45, 7) is 6.50. The smallest absolute Gasteiger partial charge is 0.241 e. The Morgan fingerprint density at radius 2 is 1.93 bits per heavy atom. The molecule has 7 heteroatoms. The van der Waals surface area contributed by atoms with Gasteiger partial charge in [0.2, 0.25) is 17.6 Å². The van der Waals surface area contributed by atoms with Gasteiger partial charge in [-0.2, -0.15) is 4.98 Å². The lowest BCUT2D eigenvalue weighted by Gasteiger charge is -2.36. The molecule has 1 aromatic heterocycles. The molecular weight excluding hydrogens is 376 g/mol. The Hall–Kier alpha value is -1.92. The van der Waals surface area contributed by atoms with Crippen LogP contribution in [0.5, 0.6) is 0 Å². The van der Waals surface area contributed by atoms with Gasteiger partial charge < -0.3 is 9.42 Å². The van der Waals surface area contributed by atoms with Gasteiger partial charge in [0, 0.05) is 29.6 Å². The van der Waals surface area contributed by atoms with Crippen molar-refractivity contribution in [2.24, 2.45) is 11.8 Å². The van der Waals surface area contributed by atoms with Crippen LogP contribution >= 0.6 is 11.6 Å². The summed E-state index contributed by atoms with van der Waals surface area (Å²) in [7, 11) is 0. The number of likely N-dealkylation sites (tertiary alicyclic amines) is 2. The predicted molar refractivity (Wildman–Crippen MR) is 108 cm³/mol. The minimum atomic E-state index is 0.161. The normalized spacial score (nSPS) is 21.8. The molecule has 2 aromatic rings. The molecular formula is C21H27ClN4O2. The largest absolute Gasteiger partial charge is 0.342 e. The van der Waals surface area contributed by atoms with E-state index in [0.717, 1.165) is 51.0 Å². The van der Waals surface area contributed by atoms with Crippen molar-refractivity contribution in [1.82, 2.24) is 19.9 Å². The quantitative estimate of drug-likeness (QED) is 0.777. The van der Waals surface area contributed by atoms with E-state index in [1.54, 1.807) is 0 Å². The fraction of sp³-hybridized carbons (Fsp3) is 0.571. The topological polar surface area (TPSA) is 62.5 Å². The van der Waals surface area contributed by atoms with E-state index in [1.807, 2.05) is 24.3 Å². The van der Waals surface area contributed by atoms with Gasteiger partial charge in [0.1, 0.15) is 0 Å². The Kier molecular flexibility index (Phi) is 5.97. The highest BCUT2D eigenvalue weighted by molar-refractivity contribution is 6.30. The zero-order valence-electron chi connectivity index (χ0n) is 16.3. The number of piperidine rings is 2. The molecule has 0 spiro atoms. The summed E-state index contributed by atoms with van der Waals surface area (Å²) >= 11 is 5.93. The van der Waals surface area contributed by atoms with Crippen LogP contribution in [0.3, 0.4) is 0 Å².